The molecule has 0 saturated heterocycles. The summed E-state index contributed by atoms with van der Waals surface area (Å²) in [6.07, 6.45) is 7.21. The molecule has 0 spiro atoms. The number of carbonyl (C=O) groups is 4. The summed E-state index contributed by atoms with van der Waals surface area (Å²) in [4.78, 5) is 50.1. The van der Waals surface area contributed by atoms with Crippen LogP contribution in [0.3, 0.4) is 0 Å². The number of Topliss-reactive ketones (excluding diaryl/α,β-unsaturated/α-hetero) is 1. The summed E-state index contributed by atoms with van der Waals surface area (Å²) < 4.78 is 0. The summed E-state index contributed by atoms with van der Waals surface area (Å²) >= 11 is 0. The Morgan fingerprint density at radius 1 is 0.865 bits per heavy atom. The molecular formula is C30H40N2O5. The normalized spacial score (nSPS) is 12.4. The first-order valence-electron chi connectivity index (χ1n) is 13.1. The summed E-state index contributed by atoms with van der Waals surface area (Å²) in [5.74, 6) is -1.77. The average Bonchev–Trinajstić information content (AvgIpc) is 2.88. The maximum atomic E-state index is 12.9. The van der Waals surface area contributed by atoms with Gasteiger partial charge in [0.05, 0.1) is 5.69 Å². The van der Waals surface area contributed by atoms with Gasteiger partial charge in [-0.05, 0) is 37.5 Å². The summed E-state index contributed by atoms with van der Waals surface area (Å²) in [5.41, 5.74) is 1.23. The second-order valence-electron chi connectivity index (χ2n) is 9.75. The Hall–Kier alpha value is -3.48. The van der Waals surface area contributed by atoms with Gasteiger partial charge in [-0.25, -0.2) is 4.79 Å². The number of nitrogens with zero attached hydrogens (tertiary/aromatic N) is 1. The average molecular weight is 509 g/mol. The van der Waals surface area contributed by atoms with Crippen molar-refractivity contribution in [3.05, 3.63) is 54.1 Å². The van der Waals surface area contributed by atoms with Crippen LogP contribution < -0.4 is 10.2 Å². The highest BCUT2D eigenvalue weighted by molar-refractivity contribution is 5.97. The molecule has 2 amide bonds. The van der Waals surface area contributed by atoms with E-state index in [0.717, 1.165) is 36.1 Å². The molecule has 2 rings (SSSR count). The van der Waals surface area contributed by atoms with E-state index in [1.54, 1.807) is 36.2 Å². The zero-order valence-corrected chi connectivity index (χ0v) is 22.5. The summed E-state index contributed by atoms with van der Waals surface area (Å²) in [5, 5.41) is 12.4. The number of para-hydroxylation sites is 1. The molecule has 1 atom stereocenters. The van der Waals surface area contributed by atoms with Crippen molar-refractivity contribution in [2.45, 2.75) is 84.1 Å². The molecule has 2 N–H and O–H groups in total. The van der Waals surface area contributed by atoms with Crippen molar-refractivity contribution in [3.8, 4) is 11.1 Å². The fourth-order valence-corrected chi connectivity index (χ4v) is 4.23. The predicted molar refractivity (Wildman–Crippen MR) is 146 cm³/mol. The van der Waals surface area contributed by atoms with Crippen molar-refractivity contribution in [2.75, 3.05) is 11.9 Å². The van der Waals surface area contributed by atoms with Crippen molar-refractivity contribution in [3.63, 3.8) is 0 Å². The van der Waals surface area contributed by atoms with E-state index < -0.39 is 17.4 Å². The minimum atomic E-state index is -1.64. The van der Waals surface area contributed by atoms with Gasteiger partial charge in [-0.15, -0.1) is 0 Å². The van der Waals surface area contributed by atoms with E-state index in [1.807, 2.05) is 24.3 Å². The molecule has 0 fully saturated rings. The lowest BCUT2D eigenvalue weighted by Gasteiger charge is -2.27. The molecule has 37 heavy (non-hydrogen) atoms. The fourth-order valence-electron chi connectivity index (χ4n) is 4.23. The van der Waals surface area contributed by atoms with E-state index in [4.69, 9.17) is 0 Å². The molecule has 0 aliphatic carbocycles. The highest BCUT2D eigenvalue weighted by Gasteiger charge is 2.36. The van der Waals surface area contributed by atoms with Crippen LogP contribution in [0.15, 0.2) is 48.5 Å². The van der Waals surface area contributed by atoms with Gasteiger partial charge in [0, 0.05) is 31.9 Å². The summed E-state index contributed by atoms with van der Waals surface area (Å²) in [6.45, 7) is 5.00. The van der Waals surface area contributed by atoms with Crippen LogP contribution in [0, 0.1) is 0 Å². The van der Waals surface area contributed by atoms with Gasteiger partial charge in [-0.3, -0.25) is 9.59 Å². The number of aliphatic carboxylic acids is 1. The van der Waals surface area contributed by atoms with Gasteiger partial charge in [0.25, 0.3) is 0 Å². The molecular weight excluding hydrogens is 468 g/mol. The number of carboxylic acid groups (broad SMARTS) is 1. The van der Waals surface area contributed by atoms with Gasteiger partial charge in [0.1, 0.15) is 5.78 Å². The number of hydrogen-bond acceptors (Lipinski definition) is 4. The lowest BCUT2D eigenvalue weighted by atomic mass is 9.90. The Bertz CT molecular complexity index is 1080. The Balaban J connectivity index is 2.18. The lowest BCUT2D eigenvalue weighted by molar-refractivity contribution is -0.147. The van der Waals surface area contributed by atoms with Crippen molar-refractivity contribution in [2.24, 2.45) is 0 Å². The molecule has 0 bridgehead atoms. The van der Waals surface area contributed by atoms with E-state index in [-0.39, 0.29) is 24.5 Å². The molecule has 7 nitrogen and oxygen atoms in total. The van der Waals surface area contributed by atoms with Gasteiger partial charge in [-0.1, -0.05) is 81.5 Å². The Labute approximate surface area is 220 Å². The predicted octanol–water partition coefficient (Wildman–Crippen LogP) is 5.85. The second kappa shape index (κ2) is 14.3. The zero-order chi connectivity index (χ0) is 27.4. The molecule has 0 aliphatic rings. The molecule has 0 aromatic heterocycles. The van der Waals surface area contributed by atoms with Crippen LogP contribution in [0.25, 0.3) is 11.1 Å². The summed E-state index contributed by atoms with van der Waals surface area (Å²) in [7, 11) is 1.78. The summed E-state index contributed by atoms with van der Waals surface area (Å²) in [6, 6.07) is 14.5. The molecule has 0 aliphatic heterocycles. The highest BCUT2D eigenvalue weighted by Crippen LogP contribution is 2.32. The van der Waals surface area contributed by atoms with Crippen molar-refractivity contribution in [1.82, 2.24) is 5.32 Å². The molecule has 2 aromatic rings. The number of carbonyl (C=O) groups excluding carboxylic acids is 3. The standard InChI is InChI=1S/C30H40N2O5/c1-5-6-7-8-9-10-15-28(35)32(4)26-14-12-11-13-25(26)23-17-19-24(20-18-23)30(3,29(36)37)31-27(34)21-16-22(2)33/h11-14,17-20H,5-10,15-16,21H2,1-4H3,(H,31,34)(H,36,37). The van der Waals surface area contributed by atoms with Gasteiger partial charge in [-0.2, -0.15) is 0 Å². The van der Waals surface area contributed by atoms with Crippen LogP contribution in [-0.2, 0) is 24.7 Å². The fraction of sp³-hybridized carbons (Fsp3) is 0.467. The first-order chi connectivity index (χ1) is 17.6. The number of unbranched alkanes of at least 4 members (excludes halogenated alkanes) is 5. The van der Waals surface area contributed by atoms with Gasteiger partial charge in [0.2, 0.25) is 11.8 Å². The zero-order valence-electron chi connectivity index (χ0n) is 22.5. The second-order valence-corrected chi connectivity index (χ2v) is 9.75. The van der Waals surface area contributed by atoms with E-state index in [9.17, 15) is 24.3 Å². The highest BCUT2D eigenvalue weighted by atomic mass is 16.4. The topological polar surface area (TPSA) is 104 Å². The third kappa shape index (κ3) is 8.55. The number of rotatable bonds is 15. The van der Waals surface area contributed by atoms with Crippen LogP contribution in [-0.4, -0.2) is 35.7 Å². The Morgan fingerprint density at radius 2 is 1.49 bits per heavy atom. The smallest absolute Gasteiger partial charge is 0.333 e. The van der Waals surface area contributed by atoms with Crippen molar-refractivity contribution < 1.29 is 24.3 Å². The van der Waals surface area contributed by atoms with Crippen LogP contribution in [0.2, 0.25) is 0 Å². The van der Waals surface area contributed by atoms with Crippen molar-refractivity contribution in [1.29, 1.82) is 0 Å². The van der Waals surface area contributed by atoms with Gasteiger partial charge in [0.15, 0.2) is 5.54 Å². The first kappa shape index (κ1) is 29.7. The largest absolute Gasteiger partial charge is 0.479 e. The molecule has 2 aromatic carbocycles. The molecule has 0 heterocycles. The number of anilines is 1. The quantitative estimate of drug-likeness (QED) is 0.294. The van der Waals surface area contributed by atoms with Crippen LogP contribution in [0.5, 0.6) is 0 Å². The van der Waals surface area contributed by atoms with Crippen molar-refractivity contribution >= 4 is 29.3 Å². The number of carboxylic acids is 1. The van der Waals surface area contributed by atoms with Gasteiger partial charge >= 0.3 is 5.97 Å². The Morgan fingerprint density at radius 3 is 2.11 bits per heavy atom. The first-order valence-corrected chi connectivity index (χ1v) is 13.1. The third-order valence-electron chi connectivity index (χ3n) is 6.68. The number of hydrogen-bond donors (Lipinski definition) is 2. The molecule has 7 heteroatoms. The van der Waals surface area contributed by atoms with Crippen LogP contribution >= 0.6 is 0 Å². The third-order valence-corrected chi connectivity index (χ3v) is 6.68. The Kier molecular flexibility index (Phi) is 11.5. The number of benzene rings is 2. The number of amides is 2. The monoisotopic (exact) mass is 508 g/mol. The van der Waals surface area contributed by atoms with Gasteiger partial charge < -0.3 is 20.1 Å². The molecule has 1 unspecified atom stereocenters. The maximum absolute atomic E-state index is 12.9. The lowest BCUT2D eigenvalue weighted by Crippen LogP contribution is -2.49. The minimum absolute atomic E-state index is 0.0579. The number of nitrogens with one attached hydrogen (secondary N) is 1. The van der Waals surface area contributed by atoms with E-state index in [1.165, 1.54) is 33.1 Å². The maximum Gasteiger partial charge on any atom is 0.333 e. The minimum Gasteiger partial charge on any atom is -0.479 e. The van der Waals surface area contributed by atoms with E-state index >= 15 is 0 Å². The molecule has 0 saturated carbocycles. The SMILES string of the molecule is CCCCCCCCC(=O)N(C)c1ccccc1-c1ccc(C(C)(NC(=O)CCC(C)=O)C(=O)O)cc1. The van der Waals surface area contributed by atoms with Crippen LogP contribution in [0.4, 0.5) is 5.69 Å². The molecule has 200 valence electrons. The van der Waals surface area contributed by atoms with E-state index in [2.05, 4.69) is 12.2 Å². The molecule has 0 radical (unpaired) electrons. The van der Waals surface area contributed by atoms with Crippen LogP contribution in [0.1, 0.15) is 84.1 Å². The van der Waals surface area contributed by atoms with E-state index in [0.29, 0.717) is 12.0 Å². The number of ketones is 1.